The highest BCUT2D eigenvalue weighted by Gasteiger charge is 2.38. The monoisotopic (exact) mass is 293 g/mol. The number of aryl methyl sites for hydroxylation is 1. The molecule has 1 amide bonds. The number of β-amino-alcohol motifs (C(OH)–C–C–N with tert-alkyl or cyclic N) is 1. The van der Waals surface area contributed by atoms with Gasteiger partial charge in [0.1, 0.15) is 11.8 Å². The van der Waals surface area contributed by atoms with Crippen LogP contribution in [0.1, 0.15) is 18.9 Å². The largest absolute Gasteiger partial charge is 0.484 e. The van der Waals surface area contributed by atoms with E-state index < -0.39 is 24.0 Å². The molecule has 0 spiro atoms. The van der Waals surface area contributed by atoms with Crippen LogP contribution in [0.3, 0.4) is 0 Å². The van der Waals surface area contributed by atoms with Gasteiger partial charge >= 0.3 is 5.97 Å². The number of likely N-dealkylation sites (tertiary alicyclic amines) is 1. The molecule has 1 aromatic rings. The lowest BCUT2D eigenvalue weighted by Crippen LogP contribution is -2.42. The van der Waals surface area contributed by atoms with Crippen molar-refractivity contribution in [2.45, 2.75) is 31.9 Å². The van der Waals surface area contributed by atoms with Gasteiger partial charge in [0, 0.05) is 13.0 Å². The molecule has 1 aromatic carbocycles. The lowest BCUT2D eigenvalue weighted by molar-refractivity contribution is -0.148. The molecule has 0 aromatic heterocycles. The molecule has 1 aliphatic heterocycles. The van der Waals surface area contributed by atoms with Crippen molar-refractivity contribution in [1.29, 1.82) is 0 Å². The van der Waals surface area contributed by atoms with E-state index in [1.54, 1.807) is 12.1 Å². The van der Waals surface area contributed by atoms with E-state index in [2.05, 4.69) is 0 Å². The molecule has 2 N–H and O–H groups in total. The predicted octanol–water partition coefficient (Wildman–Crippen LogP) is 0.674. The number of carbonyl (C=O) groups excluding carboxylic acids is 1. The number of aliphatic carboxylic acids is 1. The second-order valence-corrected chi connectivity index (χ2v) is 5.08. The maximum absolute atomic E-state index is 12.0. The van der Waals surface area contributed by atoms with E-state index in [0.717, 1.165) is 11.3 Å². The van der Waals surface area contributed by atoms with Gasteiger partial charge in [-0.15, -0.1) is 0 Å². The minimum atomic E-state index is -1.10. The van der Waals surface area contributed by atoms with Crippen LogP contribution in [0, 0.1) is 0 Å². The molecule has 21 heavy (non-hydrogen) atoms. The van der Waals surface area contributed by atoms with Crippen LogP contribution >= 0.6 is 0 Å². The Labute approximate surface area is 122 Å². The molecular formula is C15H19NO5. The van der Waals surface area contributed by atoms with E-state index in [-0.39, 0.29) is 19.6 Å². The van der Waals surface area contributed by atoms with Crippen molar-refractivity contribution < 1.29 is 24.5 Å². The number of hydrogen-bond donors (Lipinski definition) is 2. The van der Waals surface area contributed by atoms with E-state index in [9.17, 15) is 14.7 Å². The summed E-state index contributed by atoms with van der Waals surface area (Å²) in [5, 5.41) is 18.6. The highest BCUT2D eigenvalue weighted by atomic mass is 16.5. The maximum Gasteiger partial charge on any atom is 0.326 e. The highest BCUT2D eigenvalue weighted by molar-refractivity contribution is 5.85. The third-order valence-electron chi connectivity index (χ3n) is 3.58. The van der Waals surface area contributed by atoms with Gasteiger partial charge in [0.15, 0.2) is 6.61 Å². The zero-order valence-corrected chi connectivity index (χ0v) is 11.9. The molecule has 1 fully saturated rings. The molecule has 1 aliphatic rings. The number of carboxylic acid groups (broad SMARTS) is 1. The van der Waals surface area contributed by atoms with Crippen LogP contribution in [-0.4, -0.2) is 52.3 Å². The number of carboxylic acids is 1. The highest BCUT2D eigenvalue weighted by Crippen LogP contribution is 2.19. The fourth-order valence-corrected chi connectivity index (χ4v) is 2.37. The molecule has 0 radical (unpaired) electrons. The molecule has 114 valence electrons. The Balaban J connectivity index is 1.92. The first-order valence-electron chi connectivity index (χ1n) is 6.93. The van der Waals surface area contributed by atoms with E-state index >= 15 is 0 Å². The Bertz CT molecular complexity index is 513. The van der Waals surface area contributed by atoms with Crippen molar-refractivity contribution in [1.82, 2.24) is 4.90 Å². The topological polar surface area (TPSA) is 87.1 Å². The smallest absolute Gasteiger partial charge is 0.326 e. The van der Waals surface area contributed by atoms with Crippen LogP contribution in [0.2, 0.25) is 0 Å². The molecule has 1 saturated heterocycles. The number of aliphatic hydroxyl groups excluding tert-OH is 1. The van der Waals surface area contributed by atoms with Gasteiger partial charge in [-0.1, -0.05) is 19.1 Å². The Morgan fingerprint density at radius 3 is 2.57 bits per heavy atom. The number of aliphatic hydroxyl groups is 1. The SMILES string of the molecule is CCc1ccc(OCC(=O)N2C[C@H](O)C[C@@H]2C(=O)O)cc1. The molecule has 6 heteroatoms. The van der Waals surface area contributed by atoms with Crippen molar-refractivity contribution >= 4 is 11.9 Å². The van der Waals surface area contributed by atoms with Gasteiger partial charge < -0.3 is 19.8 Å². The second kappa shape index (κ2) is 6.58. The Hall–Kier alpha value is -2.08. The summed E-state index contributed by atoms with van der Waals surface area (Å²) >= 11 is 0. The standard InChI is InChI=1S/C15H19NO5/c1-2-10-3-5-12(6-4-10)21-9-14(18)16-8-11(17)7-13(16)15(19)20/h3-6,11,13,17H,2,7-9H2,1H3,(H,19,20)/t11-,13-/m1/s1. The van der Waals surface area contributed by atoms with Crippen LogP contribution < -0.4 is 4.74 Å². The molecular weight excluding hydrogens is 274 g/mol. The quantitative estimate of drug-likeness (QED) is 0.833. The van der Waals surface area contributed by atoms with Crippen molar-refractivity contribution in [3.8, 4) is 5.75 Å². The Kier molecular flexibility index (Phi) is 4.80. The minimum Gasteiger partial charge on any atom is -0.484 e. The first-order chi connectivity index (χ1) is 10.0. The summed E-state index contributed by atoms with van der Waals surface area (Å²) in [5.41, 5.74) is 1.17. The molecule has 0 bridgehead atoms. The van der Waals surface area contributed by atoms with Crippen LogP contribution in [0.25, 0.3) is 0 Å². The van der Waals surface area contributed by atoms with E-state index in [0.29, 0.717) is 5.75 Å². The molecule has 2 atom stereocenters. The van der Waals surface area contributed by atoms with E-state index in [1.165, 1.54) is 5.56 Å². The summed E-state index contributed by atoms with van der Waals surface area (Å²) in [6.45, 7) is 1.85. The third kappa shape index (κ3) is 3.72. The number of benzene rings is 1. The maximum atomic E-state index is 12.0. The Morgan fingerprint density at radius 1 is 1.33 bits per heavy atom. The first-order valence-corrected chi connectivity index (χ1v) is 6.93. The van der Waals surface area contributed by atoms with Gasteiger partial charge in [-0.2, -0.15) is 0 Å². The normalized spacial score (nSPS) is 21.3. The third-order valence-corrected chi connectivity index (χ3v) is 3.58. The van der Waals surface area contributed by atoms with Gasteiger partial charge in [-0.05, 0) is 24.1 Å². The molecule has 0 aliphatic carbocycles. The van der Waals surface area contributed by atoms with Crippen LogP contribution in [-0.2, 0) is 16.0 Å². The molecule has 0 saturated carbocycles. The Morgan fingerprint density at radius 2 is 2.00 bits per heavy atom. The van der Waals surface area contributed by atoms with Crippen molar-refractivity contribution in [3.05, 3.63) is 29.8 Å². The molecule has 1 heterocycles. The van der Waals surface area contributed by atoms with Gasteiger partial charge in [0.25, 0.3) is 5.91 Å². The second-order valence-electron chi connectivity index (χ2n) is 5.08. The van der Waals surface area contributed by atoms with Crippen LogP contribution in [0.4, 0.5) is 0 Å². The average molecular weight is 293 g/mol. The van der Waals surface area contributed by atoms with Gasteiger partial charge in [-0.3, -0.25) is 4.79 Å². The summed E-state index contributed by atoms with van der Waals surface area (Å²) in [5.74, 6) is -0.974. The summed E-state index contributed by atoms with van der Waals surface area (Å²) < 4.78 is 5.38. The lowest BCUT2D eigenvalue weighted by atomic mass is 10.2. The fourth-order valence-electron chi connectivity index (χ4n) is 2.37. The summed E-state index contributed by atoms with van der Waals surface area (Å²) in [7, 11) is 0. The van der Waals surface area contributed by atoms with E-state index in [4.69, 9.17) is 9.84 Å². The van der Waals surface area contributed by atoms with E-state index in [1.807, 2.05) is 19.1 Å². The zero-order valence-electron chi connectivity index (χ0n) is 11.9. The number of nitrogens with zero attached hydrogens (tertiary/aromatic N) is 1. The van der Waals surface area contributed by atoms with Gasteiger partial charge in [-0.25, -0.2) is 4.79 Å². The molecule has 2 rings (SSSR count). The molecule has 6 nitrogen and oxygen atoms in total. The van der Waals surface area contributed by atoms with Crippen LogP contribution in [0.5, 0.6) is 5.75 Å². The number of ether oxygens (including phenoxy) is 1. The summed E-state index contributed by atoms with van der Waals surface area (Å²) in [6.07, 6.45) is 0.191. The summed E-state index contributed by atoms with van der Waals surface area (Å²) in [4.78, 5) is 24.2. The number of rotatable bonds is 5. The predicted molar refractivity (Wildman–Crippen MR) is 75.1 cm³/mol. The van der Waals surface area contributed by atoms with Gasteiger partial charge in [0.05, 0.1) is 6.10 Å². The van der Waals surface area contributed by atoms with Crippen molar-refractivity contribution in [2.24, 2.45) is 0 Å². The van der Waals surface area contributed by atoms with Crippen LogP contribution in [0.15, 0.2) is 24.3 Å². The van der Waals surface area contributed by atoms with Gasteiger partial charge in [0.2, 0.25) is 0 Å². The number of amides is 1. The summed E-state index contributed by atoms with van der Waals surface area (Å²) in [6, 6.07) is 6.41. The first kappa shape index (κ1) is 15.3. The number of hydrogen-bond acceptors (Lipinski definition) is 4. The number of carbonyl (C=O) groups is 2. The zero-order chi connectivity index (χ0) is 15.4. The van der Waals surface area contributed by atoms with Crippen molar-refractivity contribution in [3.63, 3.8) is 0 Å². The lowest BCUT2D eigenvalue weighted by Gasteiger charge is -2.21. The van der Waals surface area contributed by atoms with Crippen molar-refractivity contribution in [2.75, 3.05) is 13.2 Å². The molecule has 0 unspecified atom stereocenters. The average Bonchev–Trinajstić information content (AvgIpc) is 2.87. The minimum absolute atomic E-state index is 0.0356. The fraction of sp³-hybridized carbons (Fsp3) is 0.467.